The molecule has 5 nitrogen and oxygen atoms in total. The minimum atomic E-state index is -0.984. The second-order valence-corrected chi connectivity index (χ2v) is 9.62. The Hall–Kier alpha value is -1.99. The van der Waals surface area contributed by atoms with Crippen molar-refractivity contribution in [2.24, 2.45) is 7.05 Å². The van der Waals surface area contributed by atoms with E-state index in [0.29, 0.717) is 11.7 Å². The third-order valence-electron chi connectivity index (χ3n) is 5.22. The SMILES string of the molecule is Cn1cc(C2CCN(C(=O)c3sc4ccccc4c3CS(C)=O)CC2)cn1. The number of benzene rings is 1. The number of fused-ring (bicyclic) bond motifs is 1. The van der Waals surface area contributed by atoms with Crippen LogP contribution in [0, 0.1) is 0 Å². The van der Waals surface area contributed by atoms with Crippen LogP contribution in [0.4, 0.5) is 0 Å². The molecule has 3 aromatic rings. The lowest BCUT2D eigenvalue weighted by Crippen LogP contribution is -2.37. The molecule has 27 heavy (non-hydrogen) atoms. The standard InChI is InChI=1S/C20H23N3O2S2/c1-22-12-15(11-21-22)14-7-9-23(10-8-14)20(24)19-17(13-27(2)25)16-5-3-4-6-18(16)26-19/h3-6,11-12,14H,7-10,13H2,1-2H3. The van der Waals surface area contributed by atoms with Crippen LogP contribution in [0.5, 0.6) is 0 Å². The summed E-state index contributed by atoms with van der Waals surface area (Å²) in [6, 6.07) is 8.02. The Morgan fingerprint density at radius 2 is 2.04 bits per heavy atom. The van der Waals surface area contributed by atoms with Crippen LogP contribution in [-0.4, -0.2) is 44.1 Å². The van der Waals surface area contributed by atoms with E-state index in [4.69, 9.17) is 0 Å². The van der Waals surface area contributed by atoms with Crippen LogP contribution in [-0.2, 0) is 23.6 Å². The monoisotopic (exact) mass is 401 g/mol. The summed E-state index contributed by atoms with van der Waals surface area (Å²) in [6.45, 7) is 1.50. The number of carbonyl (C=O) groups excluding carboxylic acids is 1. The highest BCUT2D eigenvalue weighted by Crippen LogP contribution is 2.35. The van der Waals surface area contributed by atoms with Crippen molar-refractivity contribution in [1.29, 1.82) is 0 Å². The fourth-order valence-electron chi connectivity index (χ4n) is 3.83. The summed E-state index contributed by atoms with van der Waals surface area (Å²) in [5.74, 6) is 0.978. The van der Waals surface area contributed by atoms with Gasteiger partial charge in [0.1, 0.15) is 0 Å². The minimum Gasteiger partial charge on any atom is -0.338 e. The van der Waals surface area contributed by atoms with Crippen LogP contribution in [0.3, 0.4) is 0 Å². The average molecular weight is 402 g/mol. The van der Waals surface area contributed by atoms with Crippen LogP contribution in [0.1, 0.15) is 39.6 Å². The first kappa shape index (κ1) is 18.4. The van der Waals surface area contributed by atoms with Gasteiger partial charge in [0.15, 0.2) is 0 Å². The van der Waals surface area contributed by atoms with E-state index in [-0.39, 0.29) is 5.91 Å². The second-order valence-electron chi connectivity index (χ2n) is 7.14. The molecular formula is C20H23N3O2S2. The summed E-state index contributed by atoms with van der Waals surface area (Å²) in [5.41, 5.74) is 2.20. The highest BCUT2D eigenvalue weighted by molar-refractivity contribution is 7.83. The Morgan fingerprint density at radius 1 is 1.30 bits per heavy atom. The second kappa shape index (κ2) is 7.56. The third-order valence-corrected chi connectivity index (χ3v) is 7.11. The van der Waals surface area contributed by atoms with Crippen molar-refractivity contribution in [3.63, 3.8) is 0 Å². The number of likely N-dealkylation sites (tertiary alicyclic amines) is 1. The zero-order valence-electron chi connectivity index (χ0n) is 15.6. The molecule has 0 aliphatic carbocycles. The number of hydrogen-bond acceptors (Lipinski definition) is 4. The molecule has 1 atom stereocenters. The maximum Gasteiger partial charge on any atom is 0.264 e. The molecule has 0 saturated carbocycles. The Balaban J connectivity index is 1.55. The summed E-state index contributed by atoms with van der Waals surface area (Å²) in [5, 5.41) is 5.33. The van der Waals surface area contributed by atoms with Crippen molar-refractivity contribution in [1.82, 2.24) is 14.7 Å². The van der Waals surface area contributed by atoms with Gasteiger partial charge in [-0.25, -0.2) is 0 Å². The molecule has 7 heteroatoms. The number of piperidine rings is 1. The molecule has 1 saturated heterocycles. The normalized spacial score (nSPS) is 16.7. The lowest BCUT2D eigenvalue weighted by Gasteiger charge is -2.31. The molecule has 1 fully saturated rings. The van der Waals surface area contributed by atoms with Gasteiger partial charge in [-0.15, -0.1) is 11.3 Å². The van der Waals surface area contributed by atoms with Gasteiger partial charge in [0.2, 0.25) is 0 Å². The highest BCUT2D eigenvalue weighted by Gasteiger charge is 2.28. The molecule has 142 valence electrons. The lowest BCUT2D eigenvalue weighted by atomic mass is 9.91. The van der Waals surface area contributed by atoms with Crippen LogP contribution in [0.2, 0.25) is 0 Å². The van der Waals surface area contributed by atoms with E-state index >= 15 is 0 Å². The molecule has 3 heterocycles. The predicted octanol–water partition coefficient (Wildman–Crippen LogP) is 3.53. The van der Waals surface area contributed by atoms with Crippen molar-refractivity contribution in [2.75, 3.05) is 19.3 Å². The third kappa shape index (κ3) is 3.71. The fraction of sp³-hybridized carbons (Fsp3) is 0.400. The van der Waals surface area contributed by atoms with Gasteiger partial charge in [-0.3, -0.25) is 13.7 Å². The molecular weight excluding hydrogens is 378 g/mol. The summed E-state index contributed by atoms with van der Waals surface area (Å²) in [7, 11) is 0.949. The molecule has 1 aliphatic rings. The van der Waals surface area contributed by atoms with Gasteiger partial charge in [-0.05, 0) is 41.3 Å². The van der Waals surface area contributed by atoms with Crippen molar-refractivity contribution in [3.8, 4) is 0 Å². The number of aryl methyl sites for hydroxylation is 1. The topological polar surface area (TPSA) is 55.2 Å². The maximum atomic E-state index is 13.2. The zero-order chi connectivity index (χ0) is 19.0. The largest absolute Gasteiger partial charge is 0.338 e. The van der Waals surface area contributed by atoms with Crippen molar-refractivity contribution < 1.29 is 9.00 Å². The molecule has 4 rings (SSSR count). The predicted molar refractivity (Wildman–Crippen MR) is 111 cm³/mol. The summed E-state index contributed by atoms with van der Waals surface area (Å²) >= 11 is 1.53. The molecule has 2 aromatic heterocycles. The lowest BCUT2D eigenvalue weighted by molar-refractivity contribution is 0.0717. The molecule has 0 bridgehead atoms. The number of rotatable bonds is 4. The molecule has 0 spiro atoms. The molecule has 1 amide bonds. The minimum absolute atomic E-state index is 0.0845. The van der Waals surface area contributed by atoms with E-state index in [1.807, 2.05) is 47.1 Å². The van der Waals surface area contributed by atoms with Crippen molar-refractivity contribution in [2.45, 2.75) is 24.5 Å². The number of thiophene rings is 1. The number of carbonyl (C=O) groups is 1. The number of amides is 1. The summed E-state index contributed by atoms with van der Waals surface area (Å²) < 4.78 is 14.8. The van der Waals surface area contributed by atoms with Gasteiger partial charge >= 0.3 is 0 Å². The van der Waals surface area contributed by atoms with Crippen LogP contribution in [0.25, 0.3) is 10.1 Å². The van der Waals surface area contributed by atoms with Gasteiger partial charge in [-0.1, -0.05) is 18.2 Å². The number of nitrogens with zero attached hydrogens (tertiary/aromatic N) is 3. The number of hydrogen-bond donors (Lipinski definition) is 0. The fourth-order valence-corrected chi connectivity index (χ4v) is 5.82. The summed E-state index contributed by atoms with van der Waals surface area (Å²) in [6.07, 6.45) is 7.61. The molecule has 0 N–H and O–H groups in total. The Bertz CT molecular complexity index is 1000. The average Bonchev–Trinajstić information content (AvgIpc) is 3.25. The highest BCUT2D eigenvalue weighted by atomic mass is 32.2. The van der Waals surface area contributed by atoms with E-state index in [1.54, 1.807) is 6.26 Å². The molecule has 1 aromatic carbocycles. The first-order valence-corrected chi connectivity index (χ1v) is 11.7. The summed E-state index contributed by atoms with van der Waals surface area (Å²) in [4.78, 5) is 16.0. The van der Waals surface area contributed by atoms with E-state index in [1.165, 1.54) is 16.9 Å². The molecule has 0 radical (unpaired) electrons. The van der Waals surface area contributed by atoms with Gasteiger partial charge in [0.25, 0.3) is 5.91 Å². The van der Waals surface area contributed by atoms with Gasteiger partial charge in [-0.2, -0.15) is 5.10 Å². The van der Waals surface area contributed by atoms with Gasteiger partial charge < -0.3 is 4.90 Å². The molecule has 1 aliphatic heterocycles. The smallest absolute Gasteiger partial charge is 0.264 e. The maximum absolute atomic E-state index is 13.2. The van der Waals surface area contributed by atoms with Gasteiger partial charge in [0.05, 0.1) is 16.8 Å². The Kier molecular flexibility index (Phi) is 5.14. The van der Waals surface area contributed by atoms with Crippen molar-refractivity contribution in [3.05, 3.63) is 52.7 Å². The van der Waals surface area contributed by atoms with E-state index in [2.05, 4.69) is 11.3 Å². The van der Waals surface area contributed by atoms with Crippen LogP contribution >= 0.6 is 11.3 Å². The first-order chi connectivity index (χ1) is 13.0. The van der Waals surface area contributed by atoms with E-state index in [9.17, 15) is 9.00 Å². The molecule has 1 unspecified atom stereocenters. The Labute approximate surface area is 165 Å². The van der Waals surface area contributed by atoms with E-state index in [0.717, 1.165) is 46.5 Å². The first-order valence-electron chi connectivity index (χ1n) is 9.11. The van der Waals surface area contributed by atoms with Crippen molar-refractivity contribution >= 4 is 38.1 Å². The van der Waals surface area contributed by atoms with Crippen LogP contribution < -0.4 is 0 Å². The van der Waals surface area contributed by atoms with E-state index < -0.39 is 10.8 Å². The van der Waals surface area contributed by atoms with Crippen LogP contribution in [0.15, 0.2) is 36.7 Å². The Morgan fingerprint density at radius 3 is 2.70 bits per heavy atom. The van der Waals surface area contributed by atoms with Gasteiger partial charge in [0, 0.05) is 48.1 Å². The number of aromatic nitrogens is 2. The quantitative estimate of drug-likeness (QED) is 0.672. The zero-order valence-corrected chi connectivity index (χ0v) is 17.2.